The third kappa shape index (κ3) is 2.95. The molecule has 7 heteroatoms. The predicted molar refractivity (Wildman–Crippen MR) is 90.1 cm³/mol. The fourth-order valence-electron chi connectivity index (χ4n) is 3.30. The first-order chi connectivity index (χ1) is 12.1. The number of nitrogens with zero attached hydrogens (tertiary/aromatic N) is 2. The van der Waals surface area contributed by atoms with Crippen molar-refractivity contribution in [2.45, 2.75) is 38.0 Å². The van der Waals surface area contributed by atoms with Crippen molar-refractivity contribution < 1.29 is 19.2 Å². The molecule has 1 fully saturated rings. The van der Waals surface area contributed by atoms with Crippen LogP contribution in [0.25, 0.3) is 0 Å². The molecule has 2 aromatic rings. The van der Waals surface area contributed by atoms with Gasteiger partial charge in [-0.3, -0.25) is 9.59 Å². The summed E-state index contributed by atoms with van der Waals surface area (Å²) in [4.78, 5) is 46.0. The topological polar surface area (TPSA) is 76.6 Å². The first kappa shape index (κ1) is 16.0. The molecule has 0 N–H and O–H groups in total. The highest BCUT2D eigenvalue weighted by atomic mass is 32.1. The third-order valence-corrected chi connectivity index (χ3v) is 5.61. The Labute approximate surface area is 148 Å². The number of rotatable bonds is 4. The van der Waals surface area contributed by atoms with Gasteiger partial charge in [-0.1, -0.05) is 30.0 Å². The van der Waals surface area contributed by atoms with Crippen LogP contribution in [-0.4, -0.2) is 27.8 Å². The van der Waals surface area contributed by atoms with Gasteiger partial charge in [0, 0.05) is 11.3 Å². The summed E-state index contributed by atoms with van der Waals surface area (Å²) in [5.74, 6) is -1.40. The number of benzene rings is 1. The highest BCUT2D eigenvalue weighted by molar-refractivity contribution is 7.09. The molecule has 0 atom stereocenters. The molecule has 0 unspecified atom stereocenters. The molecule has 1 saturated carbocycles. The second-order valence-electron chi connectivity index (χ2n) is 6.25. The molecule has 2 amide bonds. The zero-order valence-corrected chi connectivity index (χ0v) is 14.3. The van der Waals surface area contributed by atoms with Crippen LogP contribution in [-0.2, 0) is 16.1 Å². The second-order valence-corrected chi connectivity index (χ2v) is 7.14. The molecule has 1 aromatic heterocycles. The molecule has 2 heterocycles. The molecule has 2 aliphatic rings. The largest absolute Gasteiger partial charge is 0.339 e. The van der Waals surface area contributed by atoms with E-state index in [0.29, 0.717) is 16.7 Å². The lowest BCUT2D eigenvalue weighted by Crippen LogP contribution is -2.33. The van der Waals surface area contributed by atoms with Crippen LogP contribution in [0.15, 0.2) is 29.6 Å². The number of fused-ring (bicyclic) bond motifs is 1. The molecule has 0 radical (unpaired) electrons. The van der Waals surface area contributed by atoms with Gasteiger partial charge < -0.3 is 4.84 Å². The number of imide groups is 1. The van der Waals surface area contributed by atoms with Crippen molar-refractivity contribution in [2.75, 3.05) is 0 Å². The molecule has 128 valence electrons. The zero-order chi connectivity index (χ0) is 17.4. The fraction of sp³-hybridized carbons (Fsp3) is 0.333. The first-order valence-corrected chi connectivity index (χ1v) is 9.14. The van der Waals surface area contributed by atoms with E-state index in [1.807, 2.05) is 5.38 Å². The zero-order valence-electron chi connectivity index (χ0n) is 13.4. The molecule has 1 aromatic carbocycles. The van der Waals surface area contributed by atoms with Gasteiger partial charge in [0.1, 0.15) is 0 Å². The molecule has 4 rings (SSSR count). The van der Waals surface area contributed by atoms with Crippen LogP contribution >= 0.6 is 11.3 Å². The number of carbonyl (C=O) groups is 3. The van der Waals surface area contributed by atoms with E-state index in [-0.39, 0.29) is 17.5 Å². The number of hydroxylamine groups is 2. The molecule has 0 bridgehead atoms. The summed E-state index contributed by atoms with van der Waals surface area (Å²) < 4.78 is 0. The van der Waals surface area contributed by atoms with Gasteiger partial charge >= 0.3 is 5.97 Å². The molecule has 1 aliphatic carbocycles. The SMILES string of the molecule is O=C(Cc1csc(C2CCCC2)n1)ON1C(=O)c2ccccc2C1=O. The van der Waals surface area contributed by atoms with Crippen LogP contribution in [0.4, 0.5) is 0 Å². The molecule has 0 saturated heterocycles. The first-order valence-electron chi connectivity index (χ1n) is 8.26. The summed E-state index contributed by atoms with van der Waals surface area (Å²) >= 11 is 1.56. The summed E-state index contributed by atoms with van der Waals surface area (Å²) in [7, 11) is 0. The van der Waals surface area contributed by atoms with E-state index in [1.54, 1.807) is 23.5 Å². The minimum absolute atomic E-state index is 0.0589. The number of amides is 2. The lowest BCUT2D eigenvalue weighted by Gasteiger charge is -2.12. The minimum Gasteiger partial charge on any atom is -0.329 e. The Morgan fingerprint density at radius 3 is 2.44 bits per heavy atom. The lowest BCUT2D eigenvalue weighted by atomic mass is 10.1. The number of thiazole rings is 1. The molecule has 25 heavy (non-hydrogen) atoms. The summed E-state index contributed by atoms with van der Waals surface area (Å²) in [6, 6.07) is 6.40. The van der Waals surface area contributed by atoms with Gasteiger partial charge in [0.2, 0.25) is 0 Å². The number of hydrogen-bond acceptors (Lipinski definition) is 6. The van der Waals surface area contributed by atoms with Crippen molar-refractivity contribution >= 4 is 29.1 Å². The lowest BCUT2D eigenvalue weighted by molar-refractivity contribution is -0.167. The Bertz CT molecular complexity index is 819. The maximum atomic E-state index is 12.2. The van der Waals surface area contributed by atoms with Crippen molar-refractivity contribution in [1.29, 1.82) is 0 Å². The van der Waals surface area contributed by atoms with E-state index < -0.39 is 17.8 Å². The molecular formula is C18H16N2O4S. The summed E-state index contributed by atoms with van der Waals surface area (Å²) in [5.41, 5.74) is 1.11. The number of hydrogen-bond donors (Lipinski definition) is 0. The van der Waals surface area contributed by atoms with Crippen molar-refractivity contribution in [1.82, 2.24) is 10.0 Å². The Hall–Kier alpha value is -2.54. The van der Waals surface area contributed by atoms with Gasteiger partial charge in [0.05, 0.1) is 28.2 Å². The highest BCUT2D eigenvalue weighted by Gasteiger charge is 2.38. The van der Waals surface area contributed by atoms with Gasteiger partial charge in [-0.2, -0.15) is 0 Å². The Balaban J connectivity index is 1.41. The van der Waals surface area contributed by atoms with E-state index in [4.69, 9.17) is 4.84 Å². The number of aromatic nitrogens is 1. The molecule has 6 nitrogen and oxygen atoms in total. The second kappa shape index (κ2) is 6.40. The van der Waals surface area contributed by atoms with Crippen LogP contribution < -0.4 is 0 Å². The standard InChI is InChI=1S/C18H16N2O4S/c21-15(9-12-10-25-16(19-12)11-5-1-2-6-11)24-20-17(22)13-7-3-4-8-14(13)18(20)23/h3-4,7-8,10-11H,1-2,5-6,9H2. The van der Waals surface area contributed by atoms with E-state index in [1.165, 1.54) is 25.0 Å². The van der Waals surface area contributed by atoms with Crippen LogP contribution in [0.5, 0.6) is 0 Å². The predicted octanol–water partition coefficient (Wildman–Crippen LogP) is 3.10. The average Bonchev–Trinajstić information content (AvgIpc) is 3.33. The van der Waals surface area contributed by atoms with E-state index in [9.17, 15) is 14.4 Å². The quantitative estimate of drug-likeness (QED) is 0.787. The maximum absolute atomic E-state index is 12.2. The highest BCUT2D eigenvalue weighted by Crippen LogP contribution is 2.35. The van der Waals surface area contributed by atoms with E-state index in [2.05, 4.69) is 4.98 Å². The monoisotopic (exact) mass is 356 g/mol. The molecular weight excluding hydrogens is 340 g/mol. The van der Waals surface area contributed by atoms with Crippen LogP contribution in [0, 0.1) is 0 Å². The fourth-order valence-corrected chi connectivity index (χ4v) is 4.29. The maximum Gasteiger partial charge on any atom is 0.339 e. The van der Waals surface area contributed by atoms with Crippen LogP contribution in [0.1, 0.15) is 63.0 Å². The van der Waals surface area contributed by atoms with Crippen LogP contribution in [0.3, 0.4) is 0 Å². The van der Waals surface area contributed by atoms with Crippen molar-refractivity contribution in [3.8, 4) is 0 Å². The summed E-state index contributed by atoms with van der Waals surface area (Å²) in [6.45, 7) is 0. The van der Waals surface area contributed by atoms with Gasteiger partial charge in [0.25, 0.3) is 11.8 Å². The van der Waals surface area contributed by atoms with Gasteiger partial charge in [-0.15, -0.1) is 11.3 Å². The van der Waals surface area contributed by atoms with Crippen LogP contribution in [0.2, 0.25) is 0 Å². The third-order valence-electron chi connectivity index (χ3n) is 4.55. The van der Waals surface area contributed by atoms with Crippen molar-refractivity contribution in [3.05, 3.63) is 51.5 Å². The molecule has 0 spiro atoms. The van der Waals surface area contributed by atoms with Gasteiger partial charge in [-0.25, -0.2) is 9.78 Å². The summed E-state index contributed by atoms with van der Waals surface area (Å²) in [6.07, 6.45) is 4.68. The van der Waals surface area contributed by atoms with Gasteiger partial charge in [0.15, 0.2) is 0 Å². The van der Waals surface area contributed by atoms with Crippen molar-refractivity contribution in [3.63, 3.8) is 0 Å². The normalized spacial score (nSPS) is 17.2. The van der Waals surface area contributed by atoms with Gasteiger partial charge in [-0.05, 0) is 25.0 Å². The minimum atomic E-state index is -0.669. The van der Waals surface area contributed by atoms with E-state index >= 15 is 0 Å². The summed E-state index contributed by atoms with van der Waals surface area (Å²) in [5, 5.41) is 3.44. The Morgan fingerprint density at radius 2 is 1.80 bits per heavy atom. The smallest absolute Gasteiger partial charge is 0.329 e. The average molecular weight is 356 g/mol. The van der Waals surface area contributed by atoms with Crippen molar-refractivity contribution in [2.24, 2.45) is 0 Å². The number of carbonyl (C=O) groups excluding carboxylic acids is 3. The Kier molecular flexibility index (Phi) is 4.09. The molecule has 1 aliphatic heterocycles. The Morgan fingerprint density at radius 1 is 1.16 bits per heavy atom. The van der Waals surface area contributed by atoms with E-state index in [0.717, 1.165) is 17.8 Å².